The van der Waals surface area contributed by atoms with E-state index in [2.05, 4.69) is 10.3 Å². The maximum Gasteiger partial charge on any atom is 0.334 e. The normalized spacial score (nSPS) is 18.6. The van der Waals surface area contributed by atoms with Gasteiger partial charge in [0.05, 0.1) is 13.2 Å². The molecule has 1 atom stereocenters. The van der Waals surface area contributed by atoms with Crippen LogP contribution in [0.2, 0.25) is 0 Å². The van der Waals surface area contributed by atoms with E-state index in [9.17, 15) is 9.59 Å². The number of pyridine rings is 1. The average molecular weight is 279 g/mol. The van der Waals surface area contributed by atoms with Crippen LogP contribution in [0.3, 0.4) is 0 Å². The number of carboxylic acids is 1. The number of urea groups is 1. The summed E-state index contributed by atoms with van der Waals surface area (Å²) in [7, 11) is 0. The van der Waals surface area contributed by atoms with Gasteiger partial charge in [-0.3, -0.25) is 4.98 Å². The molecule has 0 spiro atoms. The molecule has 108 valence electrons. The maximum absolute atomic E-state index is 12.0. The molecule has 1 fully saturated rings. The van der Waals surface area contributed by atoms with Crippen molar-refractivity contribution in [2.45, 2.75) is 19.6 Å². The molecule has 1 aromatic rings. The van der Waals surface area contributed by atoms with Gasteiger partial charge in [0.25, 0.3) is 0 Å². The third-order valence-corrected chi connectivity index (χ3v) is 3.20. The highest BCUT2D eigenvalue weighted by Gasteiger charge is 2.28. The van der Waals surface area contributed by atoms with Crippen LogP contribution >= 0.6 is 0 Å². The molecule has 0 radical (unpaired) electrons. The molecule has 0 aliphatic carbocycles. The monoisotopic (exact) mass is 279 g/mol. The summed E-state index contributed by atoms with van der Waals surface area (Å²) in [4.78, 5) is 28.3. The van der Waals surface area contributed by atoms with Crippen molar-refractivity contribution in [1.82, 2.24) is 15.2 Å². The number of aromatic nitrogens is 1. The van der Waals surface area contributed by atoms with Gasteiger partial charge in [-0.05, 0) is 24.1 Å². The first kappa shape index (κ1) is 14.3. The highest BCUT2D eigenvalue weighted by Crippen LogP contribution is 2.07. The van der Waals surface area contributed by atoms with Crippen molar-refractivity contribution < 1.29 is 19.4 Å². The van der Waals surface area contributed by atoms with E-state index in [4.69, 9.17) is 9.84 Å². The van der Waals surface area contributed by atoms with Crippen LogP contribution < -0.4 is 5.32 Å². The Balaban J connectivity index is 1.89. The van der Waals surface area contributed by atoms with Crippen molar-refractivity contribution in [3.05, 3.63) is 29.6 Å². The van der Waals surface area contributed by atoms with E-state index in [1.54, 1.807) is 12.4 Å². The van der Waals surface area contributed by atoms with Crippen LogP contribution in [0.25, 0.3) is 0 Å². The number of aliphatic carboxylic acids is 1. The minimum absolute atomic E-state index is 0.0660. The van der Waals surface area contributed by atoms with Crippen LogP contribution in [0.1, 0.15) is 11.1 Å². The summed E-state index contributed by atoms with van der Waals surface area (Å²) in [5.41, 5.74) is 1.98. The number of morpholine rings is 1. The molecule has 1 aliphatic rings. The first-order valence-corrected chi connectivity index (χ1v) is 6.34. The van der Waals surface area contributed by atoms with E-state index >= 15 is 0 Å². The fourth-order valence-electron chi connectivity index (χ4n) is 1.97. The Morgan fingerprint density at radius 3 is 3.10 bits per heavy atom. The molecule has 2 N–H and O–H groups in total. The van der Waals surface area contributed by atoms with Gasteiger partial charge in [-0.2, -0.15) is 0 Å². The molecule has 20 heavy (non-hydrogen) atoms. The second-order valence-electron chi connectivity index (χ2n) is 4.60. The Morgan fingerprint density at radius 2 is 2.40 bits per heavy atom. The molecule has 1 saturated heterocycles. The van der Waals surface area contributed by atoms with E-state index in [1.807, 2.05) is 13.0 Å². The molecular weight excluding hydrogens is 262 g/mol. The van der Waals surface area contributed by atoms with Crippen LogP contribution in [0.4, 0.5) is 4.79 Å². The highest BCUT2D eigenvalue weighted by atomic mass is 16.5. The number of rotatable bonds is 3. The molecule has 2 heterocycles. The number of aryl methyl sites for hydroxylation is 1. The molecule has 7 nitrogen and oxygen atoms in total. The number of hydrogen-bond donors (Lipinski definition) is 2. The third kappa shape index (κ3) is 3.45. The fourth-order valence-corrected chi connectivity index (χ4v) is 1.97. The number of carbonyl (C=O) groups excluding carboxylic acids is 1. The molecule has 0 aromatic carbocycles. The van der Waals surface area contributed by atoms with Gasteiger partial charge < -0.3 is 20.1 Å². The zero-order valence-corrected chi connectivity index (χ0v) is 11.2. The summed E-state index contributed by atoms with van der Waals surface area (Å²) < 4.78 is 5.07. The van der Waals surface area contributed by atoms with Crippen molar-refractivity contribution in [1.29, 1.82) is 0 Å². The molecular formula is C13H17N3O4. The number of nitrogens with zero attached hydrogens (tertiary/aromatic N) is 2. The van der Waals surface area contributed by atoms with Crippen molar-refractivity contribution in [2.24, 2.45) is 0 Å². The Labute approximate surface area is 116 Å². The lowest BCUT2D eigenvalue weighted by molar-refractivity contribution is -0.154. The molecule has 7 heteroatoms. The van der Waals surface area contributed by atoms with Crippen molar-refractivity contribution in [3.8, 4) is 0 Å². The Bertz CT molecular complexity index is 506. The van der Waals surface area contributed by atoms with Crippen LogP contribution in [0.5, 0.6) is 0 Å². The molecule has 2 rings (SSSR count). The fraction of sp³-hybridized carbons (Fsp3) is 0.462. The van der Waals surface area contributed by atoms with Gasteiger partial charge in [0, 0.05) is 25.5 Å². The van der Waals surface area contributed by atoms with Gasteiger partial charge in [-0.15, -0.1) is 0 Å². The van der Waals surface area contributed by atoms with E-state index in [0.29, 0.717) is 13.1 Å². The molecule has 0 saturated carbocycles. The summed E-state index contributed by atoms with van der Waals surface area (Å²) in [5.74, 6) is -1.05. The van der Waals surface area contributed by atoms with Crippen LogP contribution in [-0.4, -0.2) is 52.8 Å². The van der Waals surface area contributed by atoms with E-state index in [1.165, 1.54) is 4.90 Å². The van der Waals surface area contributed by atoms with Crippen LogP contribution in [0, 0.1) is 6.92 Å². The zero-order chi connectivity index (χ0) is 14.5. The molecule has 2 amide bonds. The average Bonchev–Trinajstić information content (AvgIpc) is 2.46. The first-order chi connectivity index (χ1) is 9.58. The van der Waals surface area contributed by atoms with Gasteiger partial charge in [-0.25, -0.2) is 9.59 Å². The lowest BCUT2D eigenvalue weighted by atomic mass is 10.1. The van der Waals surface area contributed by atoms with E-state index in [0.717, 1.165) is 11.1 Å². The summed E-state index contributed by atoms with van der Waals surface area (Å²) in [6.45, 7) is 3.01. The van der Waals surface area contributed by atoms with Gasteiger partial charge in [0.1, 0.15) is 0 Å². The summed E-state index contributed by atoms with van der Waals surface area (Å²) in [5, 5.41) is 11.7. The predicted octanol–water partition coefficient (Wildman–Crippen LogP) is 0.385. The standard InChI is InChI=1S/C13H17N3O4/c1-9-6-14-3-2-10(9)7-15-13(19)16-4-5-20-11(8-16)12(17)18/h2-3,6,11H,4-5,7-8H2,1H3,(H,15,19)(H,17,18). The summed E-state index contributed by atoms with van der Waals surface area (Å²) >= 11 is 0. The first-order valence-electron chi connectivity index (χ1n) is 6.34. The minimum atomic E-state index is -1.05. The van der Waals surface area contributed by atoms with Gasteiger partial charge in [0.2, 0.25) is 0 Å². The van der Waals surface area contributed by atoms with Crippen molar-refractivity contribution in [2.75, 3.05) is 19.7 Å². The SMILES string of the molecule is Cc1cnccc1CNC(=O)N1CCOC(C(=O)O)C1. The largest absolute Gasteiger partial charge is 0.479 e. The smallest absolute Gasteiger partial charge is 0.334 e. The van der Waals surface area contributed by atoms with Crippen molar-refractivity contribution >= 4 is 12.0 Å². The Kier molecular flexibility index (Phi) is 4.52. The lowest BCUT2D eigenvalue weighted by Gasteiger charge is -2.30. The number of carbonyl (C=O) groups is 2. The number of amides is 2. The summed E-state index contributed by atoms with van der Waals surface area (Å²) in [6.07, 6.45) is 2.46. The topological polar surface area (TPSA) is 91.8 Å². The maximum atomic E-state index is 12.0. The van der Waals surface area contributed by atoms with Gasteiger partial charge >= 0.3 is 12.0 Å². The van der Waals surface area contributed by atoms with Gasteiger partial charge in [-0.1, -0.05) is 0 Å². The molecule has 1 aliphatic heterocycles. The number of hydrogen-bond acceptors (Lipinski definition) is 4. The Morgan fingerprint density at radius 1 is 1.60 bits per heavy atom. The van der Waals surface area contributed by atoms with Crippen molar-refractivity contribution in [3.63, 3.8) is 0 Å². The quantitative estimate of drug-likeness (QED) is 0.835. The number of ether oxygens (including phenoxy) is 1. The van der Waals surface area contributed by atoms with Crippen LogP contribution in [0.15, 0.2) is 18.5 Å². The number of carboxylic acid groups (broad SMARTS) is 1. The highest BCUT2D eigenvalue weighted by molar-refractivity contribution is 5.77. The zero-order valence-electron chi connectivity index (χ0n) is 11.2. The van der Waals surface area contributed by atoms with Gasteiger partial charge in [0.15, 0.2) is 6.10 Å². The predicted molar refractivity (Wildman–Crippen MR) is 70.2 cm³/mol. The lowest BCUT2D eigenvalue weighted by Crippen LogP contribution is -2.51. The summed E-state index contributed by atoms with van der Waals surface area (Å²) in [6, 6.07) is 1.56. The van der Waals surface area contributed by atoms with E-state index < -0.39 is 12.1 Å². The molecule has 1 unspecified atom stereocenters. The number of nitrogens with one attached hydrogen (secondary N) is 1. The molecule has 1 aromatic heterocycles. The minimum Gasteiger partial charge on any atom is -0.479 e. The Hall–Kier alpha value is -2.15. The van der Waals surface area contributed by atoms with E-state index in [-0.39, 0.29) is 19.2 Å². The third-order valence-electron chi connectivity index (χ3n) is 3.20. The second-order valence-corrected chi connectivity index (χ2v) is 4.60. The second kappa shape index (κ2) is 6.33. The van der Waals surface area contributed by atoms with Crippen LogP contribution in [-0.2, 0) is 16.1 Å². The molecule has 0 bridgehead atoms.